The number of rotatable bonds is 5. The maximum Gasteiger partial charge on any atom is 0.325 e. The Morgan fingerprint density at radius 3 is 2.78 bits per heavy atom. The third kappa shape index (κ3) is 4.25. The lowest BCUT2D eigenvalue weighted by Crippen LogP contribution is -2.36. The minimum Gasteiger partial charge on any atom is -0.330 e. The SMILES string of the molecule is O=c1cc(CN2CCC[C@H](c3nccn3Cc3ccccc3)C2)[nH]c(=O)[nH]1. The summed E-state index contributed by atoms with van der Waals surface area (Å²) in [4.78, 5) is 34.8. The van der Waals surface area contributed by atoms with Crippen LogP contribution in [-0.2, 0) is 13.1 Å². The summed E-state index contributed by atoms with van der Waals surface area (Å²) in [5.74, 6) is 1.44. The largest absolute Gasteiger partial charge is 0.330 e. The molecule has 140 valence electrons. The molecule has 27 heavy (non-hydrogen) atoms. The van der Waals surface area contributed by atoms with Crippen molar-refractivity contribution in [2.45, 2.75) is 31.8 Å². The molecular formula is C20H23N5O2. The summed E-state index contributed by atoms with van der Waals surface area (Å²) in [7, 11) is 0. The van der Waals surface area contributed by atoms with Gasteiger partial charge in [-0.15, -0.1) is 0 Å². The first kappa shape index (κ1) is 17.5. The van der Waals surface area contributed by atoms with Gasteiger partial charge in [0.2, 0.25) is 0 Å². The Labute approximate surface area is 156 Å². The normalized spacial score (nSPS) is 17.9. The second-order valence-electron chi connectivity index (χ2n) is 7.09. The molecule has 4 rings (SSSR count). The van der Waals surface area contributed by atoms with E-state index in [-0.39, 0.29) is 5.56 Å². The zero-order valence-electron chi connectivity index (χ0n) is 15.1. The van der Waals surface area contributed by atoms with Crippen molar-refractivity contribution >= 4 is 0 Å². The third-order valence-corrected chi connectivity index (χ3v) is 5.02. The Balaban J connectivity index is 1.48. The summed E-state index contributed by atoms with van der Waals surface area (Å²) in [6, 6.07) is 11.8. The number of aromatic nitrogens is 4. The van der Waals surface area contributed by atoms with Gasteiger partial charge in [-0.1, -0.05) is 30.3 Å². The summed E-state index contributed by atoms with van der Waals surface area (Å²) >= 11 is 0. The molecule has 0 saturated carbocycles. The van der Waals surface area contributed by atoms with Crippen molar-refractivity contribution in [3.05, 3.63) is 86.7 Å². The van der Waals surface area contributed by atoms with E-state index in [0.717, 1.165) is 38.3 Å². The van der Waals surface area contributed by atoms with E-state index >= 15 is 0 Å². The Hall–Kier alpha value is -2.93. The molecule has 2 aromatic heterocycles. The van der Waals surface area contributed by atoms with Crippen molar-refractivity contribution in [1.29, 1.82) is 0 Å². The smallest absolute Gasteiger partial charge is 0.325 e. The zero-order chi connectivity index (χ0) is 18.6. The van der Waals surface area contributed by atoms with Gasteiger partial charge in [-0.25, -0.2) is 9.78 Å². The molecule has 1 atom stereocenters. The molecule has 0 unspecified atom stereocenters. The molecule has 0 aliphatic carbocycles. The fourth-order valence-electron chi connectivity index (χ4n) is 3.85. The van der Waals surface area contributed by atoms with Crippen molar-refractivity contribution in [3.8, 4) is 0 Å². The van der Waals surface area contributed by atoms with Gasteiger partial charge in [-0.05, 0) is 24.9 Å². The van der Waals surface area contributed by atoms with Gasteiger partial charge in [0.25, 0.3) is 5.56 Å². The molecular weight excluding hydrogens is 342 g/mol. The predicted octanol–water partition coefficient (Wildman–Crippen LogP) is 1.69. The second kappa shape index (κ2) is 7.75. The van der Waals surface area contributed by atoms with Gasteiger partial charge in [0, 0.05) is 49.7 Å². The third-order valence-electron chi connectivity index (χ3n) is 5.02. The quantitative estimate of drug-likeness (QED) is 0.720. The van der Waals surface area contributed by atoms with Crippen LogP contribution in [0.5, 0.6) is 0 Å². The van der Waals surface area contributed by atoms with E-state index in [4.69, 9.17) is 0 Å². The number of likely N-dealkylation sites (tertiary alicyclic amines) is 1. The lowest BCUT2D eigenvalue weighted by Gasteiger charge is -2.32. The monoisotopic (exact) mass is 365 g/mol. The molecule has 7 nitrogen and oxygen atoms in total. The number of benzene rings is 1. The Morgan fingerprint density at radius 1 is 1.11 bits per heavy atom. The molecule has 1 fully saturated rings. The van der Waals surface area contributed by atoms with E-state index in [9.17, 15) is 9.59 Å². The van der Waals surface area contributed by atoms with Crippen LogP contribution in [0.15, 0.2) is 58.4 Å². The van der Waals surface area contributed by atoms with E-state index in [2.05, 4.69) is 48.7 Å². The molecule has 0 spiro atoms. The number of aromatic amines is 2. The van der Waals surface area contributed by atoms with Gasteiger partial charge < -0.3 is 9.55 Å². The maximum atomic E-state index is 11.5. The highest BCUT2D eigenvalue weighted by molar-refractivity contribution is 5.16. The van der Waals surface area contributed by atoms with Gasteiger partial charge in [-0.2, -0.15) is 0 Å². The second-order valence-corrected chi connectivity index (χ2v) is 7.09. The summed E-state index contributed by atoms with van der Waals surface area (Å²) in [6.45, 7) is 3.19. The van der Waals surface area contributed by atoms with Gasteiger partial charge in [0.1, 0.15) is 5.82 Å². The van der Waals surface area contributed by atoms with Crippen LogP contribution < -0.4 is 11.2 Å². The van der Waals surface area contributed by atoms with Crippen molar-refractivity contribution in [3.63, 3.8) is 0 Å². The van der Waals surface area contributed by atoms with Crippen LogP contribution in [0, 0.1) is 0 Å². The van der Waals surface area contributed by atoms with E-state index < -0.39 is 5.69 Å². The van der Waals surface area contributed by atoms with Crippen LogP contribution >= 0.6 is 0 Å². The highest BCUT2D eigenvalue weighted by atomic mass is 16.2. The number of nitrogens with zero attached hydrogens (tertiary/aromatic N) is 3. The van der Waals surface area contributed by atoms with Crippen molar-refractivity contribution in [2.24, 2.45) is 0 Å². The van der Waals surface area contributed by atoms with Gasteiger partial charge in [0.15, 0.2) is 0 Å². The lowest BCUT2D eigenvalue weighted by atomic mass is 9.97. The fourth-order valence-corrected chi connectivity index (χ4v) is 3.85. The average Bonchev–Trinajstić information content (AvgIpc) is 3.10. The van der Waals surface area contributed by atoms with E-state index in [0.29, 0.717) is 18.2 Å². The molecule has 2 N–H and O–H groups in total. The summed E-state index contributed by atoms with van der Waals surface area (Å²) in [5, 5.41) is 0. The minimum absolute atomic E-state index is 0.339. The Kier molecular flexibility index (Phi) is 5.02. The van der Waals surface area contributed by atoms with E-state index in [1.54, 1.807) is 0 Å². The average molecular weight is 365 g/mol. The summed E-state index contributed by atoms with van der Waals surface area (Å²) in [6.07, 6.45) is 6.06. The number of nitrogens with one attached hydrogen (secondary N) is 2. The molecule has 0 amide bonds. The van der Waals surface area contributed by atoms with E-state index in [1.165, 1.54) is 11.6 Å². The molecule has 1 aliphatic heterocycles. The van der Waals surface area contributed by atoms with Crippen LogP contribution in [0.25, 0.3) is 0 Å². The van der Waals surface area contributed by atoms with Crippen LogP contribution in [-0.4, -0.2) is 37.5 Å². The number of imidazole rings is 1. The molecule has 3 heterocycles. The molecule has 1 saturated heterocycles. The maximum absolute atomic E-state index is 11.5. The molecule has 0 bridgehead atoms. The summed E-state index contributed by atoms with van der Waals surface area (Å²) < 4.78 is 2.22. The Bertz CT molecular complexity index is 976. The lowest BCUT2D eigenvalue weighted by molar-refractivity contribution is 0.192. The summed E-state index contributed by atoms with van der Waals surface area (Å²) in [5.41, 5.74) is 1.09. The first-order chi connectivity index (χ1) is 13.2. The Morgan fingerprint density at radius 2 is 1.96 bits per heavy atom. The van der Waals surface area contributed by atoms with Crippen LogP contribution in [0.1, 0.15) is 35.8 Å². The van der Waals surface area contributed by atoms with Gasteiger partial charge in [-0.3, -0.25) is 14.7 Å². The van der Waals surface area contributed by atoms with Gasteiger partial charge in [0.05, 0.1) is 0 Å². The number of piperidine rings is 1. The van der Waals surface area contributed by atoms with Crippen molar-refractivity contribution in [1.82, 2.24) is 24.4 Å². The van der Waals surface area contributed by atoms with Crippen molar-refractivity contribution < 1.29 is 0 Å². The van der Waals surface area contributed by atoms with Crippen LogP contribution in [0.3, 0.4) is 0 Å². The highest BCUT2D eigenvalue weighted by Gasteiger charge is 2.25. The molecule has 1 aliphatic rings. The molecule has 0 radical (unpaired) electrons. The predicted molar refractivity (Wildman–Crippen MR) is 103 cm³/mol. The topological polar surface area (TPSA) is 86.8 Å². The van der Waals surface area contributed by atoms with E-state index in [1.807, 2.05) is 18.5 Å². The molecule has 1 aromatic carbocycles. The van der Waals surface area contributed by atoms with Gasteiger partial charge >= 0.3 is 5.69 Å². The van der Waals surface area contributed by atoms with Crippen LogP contribution in [0.2, 0.25) is 0 Å². The fraction of sp³-hybridized carbons (Fsp3) is 0.350. The first-order valence-electron chi connectivity index (χ1n) is 9.27. The minimum atomic E-state index is -0.454. The molecule has 3 aromatic rings. The zero-order valence-corrected chi connectivity index (χ0v) is 15.1. The number of hydrogen-bond donors (Lipinski definition) is 2. The molecule has 7 heteroatoms. The number of H-pyrrole nitrogens is 2. The number of hydrogen-bond acceptors (Lipinski definition) is 4. The highest BCUT2D eigenvalue weighted by Crippen LogP contribution is 2.27. The first-order valence-corrected chi connectivity index (χ1v) is 9.27. The van der Waals surface area contributed by atoms with Crippen LogP contribution in [0.4, 0.5) is 0 Å². The standard InChI is InChI=1S/C20H23N5O2/c26-18-11-17(22-20(27)23-18)14-24-9-4-7-16(13-24)19-21-8-10-25(19)12-15-5-2-1-3-6-15/h1-3,5-6,8,10-11,16H,4,7,9,12-14H2,(H2,22,23,26,27)/t16-/m0/s1. The van der Waals surface area contributed by atoms with Crippen molar-refractivity contribution in [2.75, 3.05) is 13.1 Å².